The highest BCUT2D eigenvalue weighted by Gasteiger charge is 2.11. The Balaban J connectivity index is 2.32. The first-order valence-electron chi connectivity index (χ1n) is 4.60. The van der Waals surface area contributed by atoms with E-state index in [9.17, 15) is 0 Å². The van der Waals surface area contributed by atoms with Gasteiger partial charge in [-0.05, 0) is 35.0 Å². The number of ether oxygens (including phenoxy) is 1. The maximum Gasteiger partial charge on any atom is 0.234 e. The van der Waals surface area contributed by atoms with Crippen molar-refractivity contribution in [3.8, 4) is 11.6 Å². The SMILES string of the molecule is Cc1nc(Br)c(Oc2ccccc2)n1C. The highest BCUT2D eigenvalue weighted by molar-refractivity contribution is 9.10. The van der Waals surface area contributed by atoms with E-state index in [0.29, 0.717) is 0 Å². The van der Waals surface area contributed by atoms with E-state index in [1.54, 1.807) is 0 Å². The van der Waals surface area contributed by atoms with Gasteiger partial charge in [-0.2, -0.15) is 0 Å². The van der Waals surface area contributed by atoms with Crippen molar-refractivity contribution in [3.05, 3.63) is 40.8 Å². The number of nitrogens with zero attached hydrogens (tertiary/aromatic N) is 2. The van der Waals surface area contributed by atoms with Crippen LogP contribution in [0.3, 0.4) is 0 Å². The monoisotopic (exact) mass is 266 g/mol. The number of benzene rings is 1. The first-order valence-corrected chi connectivity index (χ1v) is 5.39. The van der Waals surface area contributed by atoms with Crippen molar-refractivity contribution in [2.24, 2.45) is 7.05 Å². The summed E-state index contributed by atoms with van der Waals surface area (Å²) in [6.45, 7) is 1.93. The van der Waals surface area contributed by atoms with Gasteiger partial charge in [0, 0.05) is 7.05 Å². The summed E-state index contributed by atoms with van der Waals surface area (Å²) in [6, 6.07) is 9.65. The highest BCUT2D eigenvalue weighted by Crippen LogP contribution is 2.29. The molecule has 0 N–H and O–H groups in total. The minimum Gasteiger partial charge on any atom is -0.438 e. The Morgan fingerprint density at radius 2 is 1.93 bits per heavy atom. The van der Waals surface area contributed by atoms with E-state index in [2.05, 4.69) is 20.9 Å². The highest BCUT2D eigenvalue weighted by atomic mass is 79.9. The Hall–Kier alpha value is -1.29. The zero-order chi connectivity index (χ0) is 10.8. The second kappa shape index (κ2) is 4.06. The summed E-state index contributed by atoms with van der Waals surface area (Å²) in [5.41, 5.74) is 0. The van der Waals surface area contributed by atoms with Gasteiger partial charge in [0.1, 0.15) is 11.6 Å². The number of hydrogen-bond acceptors (Lipinski definition) is 2. The van der Waals surface area contributed by atoms with Crippen LogP contribution in [0, 0.1) is 6.92 Å². The molecule has 15 heavy (non-hydrogen) atoms. The van der Waals surface area contributed by atoms with Gasteiger partial charge in [0.05, 0.1) is 0 Å². The molecule has 0 aliphatic carbocycles. The number of rotatable bonds is 2. The molecule has 0 bridgehead atoms. The van der Waals surface area contributed by atoms with Crippen molar-refractivity contribution in [1.82, 2.24) is 9.55 Å². The standard InChI is InChI=1S/C11H11BrN2O/c1-8-13-10(12)11(14(8)2)15-9-6-4-3-5-7-9/h3-7H,1-2H3. The van der Waals surface area contributed by atoms with Crippen LogP contribution in [0.5, 0.6) is 11.6 Å². The molecule has 1 heterocycles. The molecule has 0 radical (unpaired) electrons. The lowest BCUT2D eigenvalue weighted by molar-refractivity contribution is 0.438. The number of aryl methyl sites for hydroxylation is 1. The second-order valence-electron chi connectivity index (χ2n) is 3.23. The molecule has 2 rings (SSSR count). The Morgan fingerprint density at radius 3 is 2.47 bits per heavy atom. The van der Waals surface area contributed by atoms with Crippen molar-refractivity contribution < 1.29 is 4.74 Å². The Kier molecular flexibility index (Phi) is 2.77. The van der Waals surface area contributed by atoms with Crippen LogP contribution in [-0.4, -0.2) is 9.55 Å². The van der Waals surface area contributed by atoms with E-state index >= 15 is 0 Å². The van der Waals surface area contributed by atoms with Crippen LogP contribution >= 0.6 is 15.9 Å². The molecule has 0 spiro atoms. The van der Waals surface area contributed by atoms with E-state index in [0.717, 1.165) is 22.1 Å². The van der Waals surface area contributed by atoms with Crippen LogP contribution < -0.4 is 4.74 Å². The van der Waals surface area contributed by atoms with Gasteiger partial charge in [-0.15, -0.1) is 0 Å². The van der Waals surface area contributed by atoms with Crippen LogP contribution in [0.4, 0.5) is 0 Å². The van der Waals surface area contributed by atoms with Gasteiger partial charge in [0.15, 0.2) is 4.60 Å². The van der Waals surface area contributed by atoms with Crippen molar-refractivity contribution in [3.63, 3.8) is 0 Å². The molecule has 0 saturated heterocycles. The predicted octanol–water partition coefficient (Wildman–Crippen LogP) is 3.28. The van der Waals surface area contributed by atoms with E-state index < -0.39 is 0 Å². The van der Waals surface area contributed by atoms with Gasteiger partial charge < -0.3 is 9.30 Å². The fourth-order valence-electron chi connectivity index (χ4n) is 1.26. The van der Waals surface area contributed by atoms with Gasteiger partial charge in [-0.3, -0.25) is 0 Å². The summed E-state index contributed by atoms with van der Waals surface area (Å²) < 4.78 is 8.34. The number of para-hydroxylation sites is 1. The van der Waals surface area contributed by atoms with Gasteiger partial charge in [0.25, 0.3) is 0 Å². The van der Waals surface area contributed by atoms with Crippen LogP contribution in [0.1, 0.15) is 5.82 Å². The molecular weight excluding hydrogens is 256 g/mol. The maximum absolute atomic E-state index is 5.71. The Labute approximate surface area is 96.8 Å². The van der Waals surface area contributed by atoms with Crippen LogP contribution in [0.2, 0.25) is 0 Å². The average Bonchev–Trinajstić information content (AvgIpc) is 2.47. The van der Waals surface area contributed by atoms with Gasteiger partial charge in [0.2, 0.25) is 5.88 Å². The molecule has 4 heteroatoms. The molecule has 0 unspecified atom stereocenters. The zero-order valence-electron chi connectivity index (χ0n) is 8.57. The normalized spacial score (nSPS) is 10.3. The molecule has 0 saturated carbocycles. The quantitative estimate of drug-likeness (QED) is 0.834. The maximum atomic E-state index is 5.71. The average molecular weight is 267 g/mol. The lowest BCUT2D eigenvalue weighted by atomic mass is 10.3. The van der Waals surface area contributed by atoms with Gasteiger partial charge >= 0.3 is 0 Å². The zero-order valence-corrected chi connectivity index (χ0v) is 10.2. The first-order chi connectivity index (χ1) is 7.18. The van der Waals surface area contributed by atoms with Crippen LogP contribution in [0.15, 0.2) is 34.9 Å². The number of halogens is 1. The minimum absolute atomic E-state index is 0.721. The van der Waals surface area contributed by atoms with E-state index in [1.807, 2.05) is 48.9 Å². The topological polar surface area (TPSA) is 27.1 Å². The van der Waals surface area contributed by atoms with Crippen molar-refractivity contribution in [1.29, 1.82) is 0 Å². The predicted molar refractivity (Wildman–Crippen MR) is 62.2 cm³/mol. The van der Waals surface area contributed by atoms with Crippen molar-refractivity contribution >= 4 is 15.9 Å². The lowest BCUT2D eigenvalue weighted by Crippen LogP contribution is -1.95. The number of imidazole rings is 1. The van der Waals surface area contributed by atoms with E-state index in [4.69, 9.17) is 4.74 Å². The third-order valence-corrected chi connectivity index (χ3v) is 2.70. The smallest absolute Gasteiger partial charge is 0.234 e. The summed E-state index contributed by atoms with van der Waals surface area (Å²) in [5, 5.41) is 0. The molecule has 0 amide bonds. The number of aromatic nitrogens is 2. The van der Waals surface area contributed by atoms with Crippen LogP contribution in [0.25, 0.3) is 0 Å². The molecular formula is C11H11BrN2O. The molecule has 2 aromatic rings. The number of hydrogen-bond donors (Lipinski definition) is 0. The largest absolute Gasteiger partial charge is 0.438 e. The van der Waals surface area contributed by atoms with Gasteiger partial charge in [-0.1, -0.05) is 18.2 Å². The Bertz CT molecular complexity index is 465. The molecule has 78 valence electrons. The second-order valence-corrected chi connectivity index (χ2v) is 3.98. The van der Waals surface area contributed by atoms with E-state index in [1.165, 1.54) is 0 Å². The van der Waals surface area contributed by atoms with Gasteiger partial charge in [-0.25, -0.2) is 4.98 Å². The lowest BCUT2D eigenvalue weighted by Gasteiger charge is -2.06. The van der Waals surface area contributed by atoms with Crippen LogP contribution in [-0.2, 0) is 7.05 Å². The fourth-order valence-corrected chi connectivity index (χ4v) is 1.86. The summed E-state index contributed by atoms with van der Waals surface area (Å²) >= 11 is 3.37. The molecule has 1 aromatic carbocycles. The van der Waals surface area contributed by atoms with Crippen molar-refractivity contribution in [2.75, 3.05) is 0 Å². The Morgan fingerprint density at radius 1 is 1.27 bits per heavy atom. The summed E-state index contributed by atoms with van der Waals surface area (Å²) in [7, 11) is 1.92. The molecule has 0 aliphatic heterocycles. The minimum atomic E-state index is 0.721. The molecule has 3 nitrogen and oxygen atoms in total. The summed E-state index contributed by atoms with van der Waals surface area (Å²) in [4.78, 5) is 4.26. The third kappa shape index (κ3) is 2.04. The third-order valence-electron chi connectivity index (χ3n) is 2.18. The first kappa shape index (κ1) is 10.2. The summed E-state index contributed by atoms with van der Waals surface area (Å²) in [6.07, 6.45) is 0. The van der Waals surface area contributed by atoms with E-state index in [-0.39, 0.29) is 0 Å². The summed E-state index contributed by atoms with van der Waals surface area (Å²) in [5.74, 6) is 2.44. The van der Waals surface area contributed by atoms with Crippen molar-refractivity contribution in [2.45, 2.75) is 6.92 Å². The molecule has 1 aromatic heterocycles. The fraction of sp³-hybridized carbons (Fsp3) is 0.182. The molecule has 0 aliphatic rings. The molecule has 0 atom stereocenters. The molecule has 0 fully saturated rings.